The number of nitrogens with zero attached hydrogens (tertiary/aromatic N) is 5. The minimum atomic E-state index is 0.0499. The highest BCUT2D eigenvalue weighted by molar-refractivity contribution is 7.99. The summed E-state index contributed by atoms with van der Waals surface area (Å²) in [5, 5.41) is 13.8. The quantitative estimate of drug-likeness (QED) is 0.456. The van der Waals surface area contributed by atoms with Crippen LogP contribution in [0.3, 0.4) is 0 Å². The molecule has 1 aliphatic carbocycles. The zero-order chi connectivity index (χ0) is 20.5. The number of tetrazole rings is 1. The van der Waals surface area contributed by atoms with E-state index in [-0.39, 0.29) is 11.7 Å². The van der Waals surface area contributed by atoms with Gasteiger partial charge in [-0.15, -0.1) is 5.10 Å². The molecule has 4 aromatic rings. The highest BCUT2D eigenvalue weighted by Gasteiger charge is 2.24. The van der Waals surface area contributed by atoms with Crippen molar-refractivity contribution in [3.05, 3.63) is 59.8 Å². The molecule has 2 heterocycles. The molecule has 0 saturated heterocycles. The zero-order valence-corrected chi connectivity index (χ0v) is 17.4. The first kappa shape index (κ1) is 18.9. The van der Waals surface area contributed by atoms with Crippen molar-refractivity contribution in [2.75, 3.05) is 12.9 Å². The second-order valence-electron chi connectivity index (χ2n) is 7.21. The predicted octanol–water partition coefficient (Wildman–Crippen LogP) is 3.94. The van der Waals surface area contributed by atoms with Gasteiger partial charge in [0.2, 0.25) is 11.1 Å². The lowest BCUT2D eigenvalue weighted by Gasteiger charge is -2.15. The van der Waals surface area contributed by atoms with Gasteiger partial charge in [0.1, 0.15) is 11.4 Å². The molecule has 0 amide bonds. The van der Waals surface area contributed by atoms with Crippen molar-refractivity contribution in [3.63, 3.8) is 0 Å². The zero-order valence-electron chi connectivity index (χ0n) is 16.6. The minimum absolute atomic E-state index is 0.0499. The van der Waals surface area contributed by atoms with Crippen molar-refractivity contribution in [3.8, 4) is 11.4 Å². The Hall–Kier alpha value is -3.13. The fourth-order valence-electron chi connectivity index (χ4n) is 4.20. The van der Waals surface area contributed by atoms with Crippen LogP contribution in [0.2, 0.25) is 0 Å². The highest BCUT2D eigenvalue weighted by Crippen LogP contribution is 2.33. The molecule has 5 rings (SSSR count). The van der Waals surface area contributed by atoms with Crippen molar-refractivity contribution >= 4 is 28.6 Å². The summed E-state index contributed by atoms with van der Waals surface area (Å²) >= 11 is 1.33. The molecule has 2 aromatic heterocycles. The Labute approximate surface area is 178 Å². The molecule has 0 atom stereocenters. The van der Waals surface area contributed by atoms with E-state index in [0.717, 1.165) is 36.2 Å². The molecule has 0 bridgehead atoms. The lowest BCUT2D eigenvalue weighted by Crippen LogP contribution is -2.18. The van der Waals surface area contributed by atoms with Crippen LogP contribution < -0.4 is 4.74 Å². The number of aromatic nitrogens is 5. The number of hydrogen-bond donors (Lipinski definition) is 0. The molecule has 0 unspecified atom stereocenters. The van der Waals surface area contributed by atoms with Gasteiger partial charge >= 0.3 is 0 Å². The van der Waals surface area contributed by atoms with Crippen molar-refractivity contribution in [2.45, 2.75) is 30.8 Å². The normalized spacial score (nSPS) is 13.4. The largest absolute Gasteiger partial charge is 0.494 e. The Kier molecular flexibility index (Phi) is 5.00. The van der Waals surface area contributed by atoms with Gasteiger partial charge in [-0.3, -0.25) is 9.36 Å². The highest BCUT2D eigenvalue weighted by atomic mass is 32.2. The Morgan fingerprint density at radius 3 is 2.80 bits per heavy atom. The van der Waals surface area contributed by atoms with Crippen molar-refractivity contribution in [1.29, 1.82) is 0 Å². The number of ether oxygens (including phenoxy) is 1. The lowest BCUT2D eigenvalue weighted by molar-refractivity contribution is 0.0943. The van der Waals surface area contributed by atoms with E-state index in [0.29, 0.717) is 10.9 Å². The maximum Gasteiger partial charge on any atom is 0.241 e. The first-order chi connectivity index (χ1) is 14.8. The van der Waals surface area contributed by atoms with Gasteiger partial charge in [-0.25, -0.2) is 0 Å². The van der Waals surface area contributed by atoms with Gasteiger partial charge < -0.3 is 4.74 Å². The maximum absolute atomic E-state index is 13.3. The molecule has 0 saturated carbocycles. The van der Waals surface area contributed by atoms with E-state index < -0.39 is 0 Å². The molecule has 0 N–H and O–H groups in total. The van der Waals surface area contributed by atoms with Crippen LogP contribution in [0.4, 0.5) is 0 Å². The summed E-state index contributed by atoms with van der Waals surface area (Å²) in [6, 6.07) is 15.7. The summed E-state index contributed by atoms with van der Waals surface area (Å²) in [7, 11) is 1.61. The fraction of sp³-hybridized carbons (Fsp3) is 0.273. The van der Waals surface area contributed by atoms with Crippen LogP contribution in [0.1, 0.15) is 28.9 Å². The molecule has 0 spiro atoms. The van der Waals surface area contributed by atoms with E-state index >= 15 is 0 Å². The summed E-state index contributed by atoms with van der Waals surface area (Å²) < 4.78 is 8.94. The summed E-state index contributed by atoms with van der Waals surface area (Å²) in [5.74, 6) is 0.970. The third-order valence-electron chi connectivity index (χ3n) is 5.51. The second-order valence-corrected chi connectivity index (χ2v) is 8.15. The predicted molar refractivity (Wildman–Crippen MR) is 116 cm³/mol. The van der Waals surface area contributed by atoms with Gasteiger partial charge in [-0.05, 0) is 59.9 Å². The van der Waals surface area contributed by atoms with Crippen molar-refractivity contribution < 1.29 is 9.53 Å². The van der Waals surface area contributed by atoms with Crippen LogP contribution in [-0.2, 0) is 12.8 Å². The van der Waals surface area contributed by atoms with Crippen LogP contribution in [0.15, 0.2) is 53.7 Å². The number of rotatable bonds is 5. The molecule has 0 radical (unpaired) electrons. The van der Waals surface area contributed by atoms with Crippen LogP contribution in [0.5, 0.6) is 5.75 Å². The Morgan fingerprint density at radius 1 is 1.10 bits per heavy atom. The van der Waals surface area contributed by atoms with Gasteiger partial charge in [0.25, 0.3) is 0 Å². The van der Waals surface area contributed by atoms with Gasteiger partial charge in [-0.2, -0.15) is 4.68 Å². The Balaban J connectivity index is 1.45. The van der Waals surface area contributed by atoms with Crippen LogP contribution >= 0.6 is 11.8 Å². The van der Waals surface area contributed by atoms with Gasteiger partial charge in [0.15, 0.2) is 0 Å². The SMILES string of the molecule is COc1ccccc1-n1nnnc1SCC(=O)n1c2c(c3ccccc31)CCCC2. The van der Waals surface area contributed by atoms with E-state index in [1.807, 2.05) is 47.0 Å². The molecule has 7 nitrogen and oxygen atoms in total. The third-order valence-corrected chi connectivity index (χ3v) is 6.41. The number of carbonyl (C=O) groups is 1. The van der Waals surface area contributed by atoms with Crippen LogP contribution in [0, 0.1) is 0 Å². The lowest BCUT2D eigenvalue weighted by atomic mass is 9.96. The first-order valence-electron chi connectivity index (χ1n) is 9.97. The molecule has 152 valence electrons. The van der Waals surface area contributed by atoms with E-state index in [4.69, 9.17) is 4.74 Å². The monoisotopic (exact) mass is 419 g/mol. The van der Waals surface area contributed by atoms with Crippen LogP contribution in [-0.4, -0.2) is 43.5 Å². The van der Waals surface area contributed by atoms with Crippen molar-refractivity contribution in [1.82, 2.24) is 24.8 Å². The molecule has 0 fully saturated rings. The number of fused-ring (bicyclic) bond motifs is 3. The number of methoxy groups -OCH3 is 1. The number of carbonyl (C=O) groups excluding carboxylic acids is 1. The number of benzene rings is 2. The van der Waals surface area contributed by atoms with Crippen molar-refractivity contribution in [2.24, 2.45) is 0 Å². The number of hydrogen-bond acceptors (Lipinski definition) is 6. The van der Waals surface area contributed by atoms with Gasteiger partial charge in [0.05, 0.1) is 18.4 Å². The van der Waals surface area contributed by atoms with E-state index in [1.54, 1.807) is 11.8 Å². The average Bonchev–Trinajstić information content (AvgIpc) is 3.40. The number of aryl methyl sites for hydroxylation is 1. The van der Waals surface area contributed by atoms with E-state index in [2.05, 4.69) is 21.6 Å². The molecule has 0 aliphatic heterocycles. The molecule has 2 aromatic carbocycles. The minimum Gasteiger partial charge on any atom is -0.494 e. The summed E-state index contributed by atoms with van der Waals surface area (Å²) in [4.78, 5) is 13.3. The number of thioether (sulfide) groups is 1. The summed E-state index contributed by atoms with van der Waals surface area (Å²) in [5.41, 5.74) is 4.23. The molecule has 30 heavy (non-hydrogen) atoms. The third kappa shape index (κ3) is 3.17. The molecular weight excluding hydrogens is 398 g/mol. The fourth-order valence-corrected chi connectivity index (χ4v) is 4.93. The van der Waals surface area contributed by atoms with Crippen LogP contribution in [0.25, 0.3) is 16.6 Å². The second kappa shape index (κ2) is 7.95. The first-order valence-corrected chi connectivity index (χ1v) is 11.0. The van der Waals surface area contributed by atoms with E-state index in [1.165, 1.54) is 29.1 Å². The molecule has 1 aliphatic rings. The Bertz CT molecular complexity index is 1230. The molecule has 8 heteroatoms. The maximum atomic E-state index is 13.3. The standard InChI is InChI=1S/C22H21N5O2S/c1-29-20-13-7-6-12-19(20)27-22(23-24-25-27)30-14-21(28)26-17-10-4-2-8-15(17)16-9-3-5-11-18(16)26/h2,4,6-8,10,12-13H,3,5,9,11,14H2,1H3. The number of para-hydroxylation sites is 3. The smallest absolute Gasteiger partial charge is 0.241 e. The van der Waals surface area contributed by atoms with Gasteiger partial charge in [0, 0.05) is 11.1 Å². The summed E-state index contributed by atoms with van der Waals surface area (Å²) in [6.45, 7) is 0. The van der Waals surface area contributed by atoms with E-state index in [9.17, 15) is 4.79 Å². The summed E-state index contributed by atoms with van der Waals surface area (Å²) in [6.07, 6.45) is 4.28. The molecular formula is C22H21N5O2S. The van der Waals surface area contributed by atoms with Gasteiger partial charge in [-0.1, -0.05) is 42.1 Å². The Morgan fingerprint density at radius 2 is 1.90 bits per heavy atom. The average molecular weight is 420 g/mol. The topological polar surface area (TPSA) is 74.8 Å².